The Labute approximate surface area is 156 Å². The summed E-state index contributed by atoms with van der Waals surface area (Å²) >= 11 is 3.53. The molecule has 0 aromatic heterocycles. The fourth-order valence-electron chi connectivity index (χ4n) is 1.45. The van der Waals surface area contributed by atoms with Gasteiger partial charge in [-0.2, -0.15) is 12.6 Å². The van der Waals surface area contributed by atoms with E-state index in [1.165, 1.54) is 5.56 Å². The Hall–Kier alpha value is -1.00. The molecule has 1 N–H and O–H groups in total. The molecule has 24 heavy (non-hydrogen) atoms. The van der Waals surface area contributed by atoms with Gasteiger partial charge < -0.3 is 10.1 Å². The molecule has 0 bridgehead atoms. The predicted molar refractivity (Wildman–Crippen MR) is 111 cm³/mol. The maximum Gasteiger partial charge on any atom is 0.323 e. The van der Waals surface area contributed by atoms with Crippen LogP contribution in [0, 0.1) is 6.92 Å². The van der Waals surface area contributed by atoms with Gasteiger partial charge in [0, 0.05) is 6.54 Å². The molecule has 0 radical (unpaired) electrons. The van der Waals surface area contributed by atoms with Crippen LogP contribution in [0.1, 0.15) is 66.5 Å². The van der Waals surface area contributed by atoms with E-state index in [2.05, 4.69) is 49.1 Å². The third-order valence-corrected chi connectivity index (χ3v) is 2.49. The van der Waals surface area contributed by atoms with E-state index >= 15 is 0 Å². The first-order chi connectivity index (χ1) is 11.3. The normalized spacial score (nSPS) is 10.6. The van der Waals surface area contributed by atoms with Crippen LogP contribution in [0.3, 0.4) is 0 Å². The molecule has 1 aromatic rings. The van der Waals surface area contributed by atoms with Crippen molar-refractivity contribution in [2.24, 2.45) is 0 Å². The summed E-state index contributed by atoms with van der Waals surface area (Å²) in [6, 6.07) is 7.95. The van der Waals surface area contributed by atoms with Crippen molar-refractivity contribution in [3.63, 3.8) is 0 Å². The Bertz CT molecular complexity index is 397. The molecule has 0 saturated carbocycles. The fourth-order valence-corrected chi connectivity index (χ4v) is 1.45. The van der Waals surface area contributed by atoms with Gasteiger partial charge >= 0.3 is 5.97 Å². The van der Waals surface area contributed by atoms with Gasteiger partial charge in [0.15, 0.2) is 0 Å². The molecular weight excluding hydrogens is 318 g/mol. The maximum atomic E-state index is 11.7. The average Bonchev–Trinajstić information content (AvgIpc) is 2.58. The molecule has 0 heterocycles. The van der Waals surface area contributed by atoms with E-state index in [1.54, 1.807) is 6.26 Å². The first-order valence-electron chi connectivity index (χ1n) is 8.74. The number of aryl methyl sites for hydroxylation is 1. The molecule has 1 atom stereocenters. The number of hydrogen-bond donors (Lipinski definition) is 2. The van der Waals surface area contributed by atoms with Crippen LogP contribution < -0.4 is 5.32 Å². The second-order valence-electron chi connectivity index (χ2n) is 5.62. The first kappa shape index (κ1) is 27.8. The lowest BCUT2D eigenvalue weighted by molar-refractivity contribution is -0.157. The molecule has 0 spiro atoms. The summed E-state index contributed by atoms with van der Waals surface area (Å²) in [6.45, 7) is 18.2. The predicted octanol–water partition coefficient (Wildman–Crippen LogP) is 5.41. The summed E-state index contributed by atoms with van der Waals surface area (Å²) in [5.41, 5.74) is 1.96. The molecule has 0 saturated heterocycles. The Morgan fingerprint density at radius 3 is 1.88 bits per heavy atom. The van der Waals surface area contributed by atoms with Crippen molar-refractivity contribution in [1.82, 2.24) is 5.32 Å². The van der Waals surface area contributed by atoms with Crippen LogP contribution in [0.15, 0.2) is 24.3 Å². The topological polar surface area (TPSA) is 38.3 Å². The quantitative estimate of drug-likeness (QED) is 0.559. The van der Waals surface area contributed by atoms with Crippen LogP contribution in [0.5, 0.6) is 0 Å². The minimum atomic E-state index is -0.434. The summed E-state index contributed by atoms with van der Waals surface area (Å²) in [5.74, 6) is -0.213. The number of thiol groups is 1. The summed E-state index contributed by atoms with van der Waals surface area (Å²) in [5, 5.41) is 3.17. The first-order valence-corrected chi connectivity index (χ1v) is 9.64. The Balaban J connectivity index is -0.000000659. The van der Waals surface area contributed by atoms with E-state index in [0.29, 0.717) is 6.54 Å². The Morgan fingerprint density at radius 1 is 1.08 bits per heavy atom. The molecule has 4 heteroatoms. The van der Waals surface area contributed by atoms with Crippen LogP contribution in [-0.2, 0) is 16.1 Å². The van der Waals surface area contributed by atoms with E-state index in [9.17, 15) is 4.79 Å². The van der Waals surface area contributed by atoms with Gasteiger partial charge in [-0.1, -0.05) is 57.5 Å². The number of nitrogens with one attached hydrogen (secondary N) is 1. The lowest BCUT2D eigenvalue weighted by Crippen LogP contribution is -2.38. The van der Waals surface area contributed by atoms with Crippen LogP contribution in [0.4, 0.5) is 0 Å². The molecular formula is C20H39NO2S. The standard InChI is InChI=1S/C15H23NO2.2C2H6.CH4S/c1-11-6-8-13(9-7-11)10-16-12(2)14(17)18-15(3,4)5;3*1-2/h6-9,12,16H,10H2,1-5H3;2*1-2H3;2H,1H3. The number of hydrogen-bond acceptors (Lipinski definition) is 4. The largest absolute Gasteiger partial charge is 0.459 e. The highest BCUT2D eigenvalue weighted by molar-refractivity contribution is 7.79. The number of esters is 1. The molecule has 3 nitrogen and oxygen atoms in total. The molecule has 0 aliphatic carbocycles. The Morgan fingerprint density at radius 2 is 1.50 bits per heavy atom. The molecule has 1 unspecified atom stereocenters. The zero-order chi connectivity index (χ0) is 19.8. The highest BCUT2D eigenvalue weighted by Crippen LogP contribution is 2.09. The summed E-state index contributed by atoms with van der Waals surface area (Å²) in [7, 11) is 0. The number of carbonyl (C=O) groups excluding carboxylic acids is 1. The molecule has 0 aliphatic rings. The zero-order valence-corrected chi connectivity index (χ0v) is 18.3. The molecule has 1 rings (SSSR count). The summed E-state index contributed by atoms with van der Waals surface area (Å²) < 4.78 is 5.31. The van der Waals surface area contributed by atoms with Crippen LogP contribution in [-0.4, -0.2) is 23.9 Å². The fraction of sp³-hybridized carbons (Fsp3) is 0.650. The van der Waals surface area contributed by atoms with Gasteiger partial charge in [0.25, 0.3) is 0 Å². The van der Waals surface area contributed by atoms with Gasteiger partial charge in [0.05, 0.1) is 0 Å². The smallest absolute Gasteiger partial charge is 0.323 e. The second-order valence-corrected chi connectivity index (χ2v) is 5.62. The average molecular weight is 358 g/mol. The van der Waals surface area contributed by atoms with Gasteiger partial charge in [0.2, 0.25) is 0 Å². The highest BCUT2D eigenvalue weighted by Gasteiger charge is 2.21. The third-order valence-electron chi connectivity index (χ3n) is 2.49. The van der Waals surface area contributed by atoms with Gasteiger partial charge in [-0.25, -0.2) is 0 Å². The number of benzene rings is 1. The lowest BCUT2D eigenvalue weighted by Gasteiger charge is -2.22. The van der Waals surface area contributed by atoms with Crippen LogP contribution >= 0.6 is 12.6 Å². The number of rotatable bonds is 4. The second kappa shape index (κ2) is 16.8. The number of carbonyl (C=O) groups is 1. The van der Waals surface area contributed by atoms with Crippen molar-refractivity contribution in [3.8, 4) is 0 Å². The van der Waals surface area contributed by atoms with E-state index < -0.39 is 5.60 Å². The molecule has 0 fully saturated rings. The van der Waals surface area contributed by atoms with Crippen LogP contribution in [0.2, 0.25) is 0 Å². The van der Waals surface area contributed by atoms with E-state index in [4.69, 9.17) is 4.74 Å². The van der Waals surface area contributed by atoms with E-state index in [0.717, 1.165) is 5.56 Å². The molecule has 0 amide bonds. The van der Waals surface area contributed by atoms with Gasteiger partial charge in [0.1, 0.15) is 11.6 Å². The van der Waals surface area contributed by atoms with Gasteiger partial charge in [-0.3, -0.25) is 4.79 Å². The SMILES string of the molecule is CC.CC.CS.Cc1ccc(CNC(C)C(=O)OC(C)(C)C)cc1. The monoisotopic (exact) mass is 357 g/mol. The van der Waals surface area contributed by atoms with Crippen molar-refractivity contribution >= 4 is 18.6 Å². The van der Waals surface area contributed by atoms with Gasteiger partial charge in [-0.15, -0.1) is 0 Å². The van der Waals surface area contributed by atoms with E-state index in [-0.39, 0.29) is 12.0 Å². The van der Waals surface area contributed by atoms with Crippen LogP contribution in [0.25, 0.3) is 0 Å². The zero-order valence-electron chi connectivity index (χ0n) is 17.4. The van der Waals surface area contributed by atoms with Crippen molar-refractivity contribution in [1.29, 1.82) is 0 Å². The molecule has 142 valence electrons. The molecule has 1 aromatic carbocycles. The molecule has 0 aliphatic heterocycles. The van der Waals surface area contributed by atoms with Gasteiger partial charge in [-0.05, 0) is 46.4 Å². The third kappa shape index (κ3) is 15.9. The van der Waals surface area contributed by atoms with Crippen molar-refractivity contribution in [2.75, 3.05) is 6.26 Å². The number of ether oxygens (including phenoxy) is 1. The maximum absolute atomic E-state index is 11.7. The van der Waals surface area contributed by atoms with Crippen molar-refractivity contribution < 1.29 is 9.53 Å². The minimum Gasteiger partial charge on any atom is -0.459 e. The van der Waals surface area contributed by atoms with E-state index in [1.807, 2.05) is 55.4 Å². The minimum absolute atomic E-state index is 0.213. The lowest BCUT2D eigenvalue weighted by atomic mass is 10.1. The highest BCUT2D eigenvalue weighted by atomic mass is 32.1. The van der Waals surface area contributed by atoms with Crippen molar-refractivity contribution in [3.05, 3.63) is 35.4 Å². The summed E-state index contributed by atoms with van der Waals surface area (Å²) in [4.78, 5) is 11.7. The Kier molecular flexibility index (Phi) is 19.5. The van der Waals surface area contributed by atoms with Crippen molar-refractivity contribution in [2.45, 2.75) is 80.5 Å². The summed E-state index contributed by atoms with van der Waals surface area (Å²) in [6.07, 6.45) is 1.69.